The normalized spacial score (nSPS) is 17.7. The van der Waals surface area contributed by atoms with Crippen molar-refractivity contribution in [3.8, 4) is 0 Å². The van der Waals surface area contributed by atoms with Crippen LogP contribution in [-0.4, -0.2) is 21.2 Å². The maximum atomic E-state index is 5.58. The van der Waals surface area contributed by atoms with Crippen molar-refractivity contribution in [1.29, 1.82) is 0 Å². The molecule has 1 N–H and O–H groups in total. The van der Waals surface area contributed by atoms with E-state index in [0.29, 0.717) is 6.04 Å². The van der Waals surface area contributed by atoms with Gasteiger partial charge >= 0.3 is 0 Å². The molecular weight excluding hydrogens is 380 g/mol. The van der Waals surface area contributed by atoms with Crippen LogP contribution in [0.5, 0.6) is 0 Å². The topological polar surface area (TPSA) is 33.1 Å². The first-order chi connectivity index (χ1) is 12.6. The number of thiophene rings is 1. The van der Waals surface area contributed by atoms with E-state index in [-0.39, 0.29) is 0 Å². The molecule has 1 aliphatic rings. The second-order valence-electron chi connectivity index (χ2n) is 6.67. The zero-order valence-corrected chi connectivity index (χ0v) is 17.4. The van der Waals surface area contributed by atoms with Crippen LogP contribution < -0.4 is 5.32 Å². The van der Waals surface area contributed by atoms with Gasteiger partial charge in [-0.05, 0) is 67.5 Å². The summed E-state index contributed by atoms with van der Waals surface area (Å²) in [6.07, 6.45) is 2.44. The molecule has 3 aromatic rings. The van der Waals surface area contributed by atoms with Crippen molar-refractivity contribution in [3.05, 3.63) is 55.7 Å². The Bertz CT molecular complexity index is 942. The molecule has 7 heteroatoms. The van der Waals surface area contributed by atoms with Gasteiger partial charge in [0, 0.05) is 23.2 Å². The zero-order chi connectivity index (χ0) is 18.1. The summed E-state index contributed by atoms with van der Waals surface area (Å²) in [5.74, 6) is 0. The van der Waals surface area contributed by atoms with Crippen molar-refractivity contribution in [2.24, 2.45) is 0 Å². The van der Waals surface area contributed by atoms with E-state index >= 15 is 0 Å². The van der Waals surface area contributed by atoms with E-state index in [9.17, 15) is 0 Å². The summed E-state index contributed by atoms with van der Waals surface area (Å²) in [6.45, 7) is 6.11. The van der Waals surface area contributed by atoms with Gasteiger partial charge in [0.2, 0.25) is 5.13 Å². The first kappa shape index (κ1) is 17.9. The number of benzene rings is 1. The molecule has 0 spiro atoms. The van der Waals surface area contributed by atoms with Crippen LogP contribution in [0.4, 0.5) is 10.8 Å². The number of nitrogens with zero attached hydrogens (tertiary/aromatic N) is 3. The largest absolute Gasteiger partial charge is 0.330 e. The van der Waals surface area contributed by atoms with Gasteiger partial charge in [0.25, 0.3) is 0 Å². The van der Waals surface area contributed by atoms with Gasteiger partial charge in [-0.3, -0.25) is 4.90 Å². The van der Waals surface area contributed by atoms with Gasteiger partial charge in [-0.2, -0.15) is 0 Å². The summed E-state index contributed by atoms with van der Waals surface area (Å²) >= 11 is 8.95. The highest BCUT2D eigenvalue weighted by Gasteiger charge is 2.27. The number of hydrogen-bond acceptors (Lipinski definition) is 6. The van der Waals surface area contributed by atoms with Gasteiger partial charge in [0.05, 0.1) is 6.67 Å². The van der Waals surface area contributed by atoms with Gasteiger partial charge < -0.3 is 5.32 Å². The maximum Gasteiger partial charge on any atom is 0.209 e. The van der Waals surface area contributed by atoms with Gasteiger partial charge in [0.1, 0.15) is 0 Å². The Hall–Kier alpha value is -1.54. The zero-order valence-electron chi connectivity index (χ0n) is 14.9. The number of aryl methyl sites for hydroxylation is 1. The fourth-order valence-corrected chi connectivity index (χ4v) is 5.32. The quantitative estimate of drug-likeness (QED) is 0.539. The Kier molecular flexibility index (Phi) is 5.22. The minimum atomic E-state index is 0.494. The van der Waals surface area contributed by atoms with Crippen molar-refractivity contribution in [2.45, 2.75) is 39.4 Å². The molecule has 0 aliphatic carbocycles. The lowest BCUT2D eigenvalue weighted by atomic mass is 10.1. The molecule has 1 aromatic carbocycles. The first-order valence-corrected chi connectivity index (χ1v) is 10.9. The van der Waals surface area contributed by atoms with Crippen LogP contribution in [0.15, 0.2) is 35.7 Å². The predicted molar refractivity (Wildman–Crippen MR) is 113 cm³/mol. The van der Waals surface area contributed by atoms with Gasteiger partial charge in [0.15, 0.2) is 3.95 Å². The average Bonchev–Trinajstić information content (AvgIpc) is 3.34. The minimum Gasteiger partial charge on any atom is -0.330 e. The molecule has 4 nitrogen and oxygen atoms in total. The van der Waals surface area contributed by atoms with Crippen molar-refractivity contribution in [2.75, 3.05) is 11.9 Å². The van der Waals surface area contributed by atoms with Crippen LogP contribution in [0.2, 0.25) is 0 Å². The number of rotatable bonds is 5. The molecule has 1 fully saturated rings. The molecule has 0 radical (unpaired) electrons. The Labute approximate surface area is 167 Å². The highest BCUT2D eigenvalue weighted by Crippen LogP contribution is 2.35. The second-order valence-corrected chi connectivity index (χ2v) is 9.27. The number of hydrogen-bond donors (Lipinski definition) is 1. The monoisotopic (exact) mass is 402 g/mol. The van der Waals surface area contributed by atoms with E-state index in [1.165, 1.54) is 40.2 Å². The number of nitrogens with one attached hydrogen (secondary N) is 1. The van der Waals surface area contributed by atoms with E-state index < -0.39 is 0 Å². The lowest BCUT2D eigenvalue weighted by molar-refractivity contribution is 0.193. The Morgan fingerprint density at radius 1 is 1.27 bits per heavy atom. The molecule has 136 valence electrons. The Morgan fingerprint density at radius 2 is 2.15 bits per heavy atom. The predicted octanol–water partition coefficient (Wildman–Crippen LogP) is 5.89. The van der Waals surface area contributed by atoms with Crippen LogP contribution in [-0.2, 0) is 6.67 Å². The highest BCUT2D eigenvalue weighted by molar-refractivity contribution is 7.73. The summed E-state index contributed by atoms with van der Waals surface area (Å²) in [6, 6.07) is 11.1. The molecule has 0 saturated carbocycles. The average molecular weight is 403 g/mol. The Morgan fingerprint density at radius 3 is 2.96 bits per heavy atom. The lowest BCUT2D eigenvalue weighted by Crippen LogP contribution is -2.26. The highest BCUT2D eigenvalue weighted by atomic mass is 32.1. The smallest absolute Gasteiger partial charge is 0.209 e. The molecule has 1 atom stereocenters. The summed E-state index contributed by atoms with van der Waals surface area (Å²) in [4.78, 5) is 3.93. The van der Waals surface area contributed by atoms with Crippen molar-refractivity contribution in [3.63, 3.8) is 0 Å². The van der Waals surface area contributed by atoms with Gasteiger partial charge in [-0.15, -0.1) is 16.4 Å². The van der Waals surface area contributed by atoms with E-state index in [0.717, 1.165) is 28.0 Å². The van der Waals surface area contributed by atoms with Crippen LogP contribution in [0.1, 0.15) is 34.9 Å². The summed E-state index contributed by atoms with van der Waals surface area (Å²) in [5, 5.41) is 11.2. The van der Waals surface area contributed by atoms with Crippen molar-refractivity contribution in [1.82, 2.24) is 14.7 Å². The summed E-state index contributed by atoms with van der Waals surface area (Å²) in [5.41, 5.74) is 3.62. The van der Waals surface area contributed by atoms with Gasteiger partial charge in [-0.25, -0.2) is 4.68 Å². The molecule has 1 aliphatic heterocycles. The van der Waals surface area contributed by atoms with Crippen molar-refractivity contribution < 1.29 is 0 Å². The second kappa shape index (κ2) is 7.60. The third-order valence-electron chi connectivity index (χ3n) is 5.00. The molecule has 4 rings (SSSR count). The van der Waals surface area contributed by atoms with E-state index in [4.69, 9.17) is 17.3 Å². The van der Waals surface area contributed by atoms with E-state index in [1.54, 1.807) is 0 Å². The summed E-state index contributed by atoms with van der Waals surface area (Å²) < 4.78 is 2.77. The molecule has 0 bridgehead atoms. The first-order valence-electron chi connectivity index (χ1n) is 8.80. The standard InChI is InChI=1S/C19H22N4S3/c1-13-6-3-7-15(14(13)2)20-18-21-23(19(24)26-18)12-22-10-4-8-16(22)17-9-5-11-25-17/h3,5-7,9,11,16H,4,8,10,12H2,1-2H3,(H,20,21)/t16-/m0/s1. The molecule has 0 amide bonds. The molecule has 2 aromatic heterocycles. The minimum absolute atomic E-state index is 0.494. The maximum absolute atomic E-state index is 5.58. The van der Waals surface area contributed by atoms with E-state index in [1.807, 2.05) is 16.0 Å². The number of aromatic nitrogens is 2. The lowest BCUT2D eigenvalue weighted by Gasteiger charge is -2.23. The van der Waals surface area contributed by atoms with Crippen LogP contribution in [0, 0.1) is 17.8 Å². The molecule has 26 heavy (non-hydrogen) atoms. The SMILES string of the molecule is Cc1cccc(Nc2nn(CN3CCC[C@H]3c3cccs3)c(=S)s2)c1C. The van der Waals surface area contributed by atoms with Crippen LogP contribution >= 0.6 is 34.9 Å². The van der Waals surface area contributed by atoms with Crippen LogP contribution in [0.3, 0.4) is 0 Å². The molecular formula is C19H22N4S3. The van der Waals surface area contributed by atoms with Gasteiger partial charge in [-0.1, -0.05) is 29.5 Å². The molecule has 1 saturated heterocycles. The third-order valence-corrected chi connectivity index (χ3v) is 7.20. The fraction of sp³-hybridized carbons (Fsp3) is 0.368. The Balaban J connectivity index is 1.52. The third kappa shape index (κ3) is 3.62. The molecule has 3 heterocycles. The fourth-order valence-electron chi connectivity index (χ4n) is 3.42. The van der Waals surface area contributed by atoms with E-state index in [2.05, 4.69) is 59.8 Å². The molecule has 0 unspecified atom stereocenters. The van der Waals surface area contributed by atoms with Crippen LogP contribution in [0.25, 0.3) is 0 Å². The van der Waals surface area contributed by atoms with Crippen molar-refractivity contribution >= 4 is 45.7 Å². The number of anilines is 2. The number of likely N-dealkylation sites (tertiary alicyclic amines) is 1. The summed E-state index contributed by atoms with van der Waals surface area (Å²) in [7, 11) is 0.